The molecule has 0 bridgehead atoms. The van der Waals surface area contributed by atoms with Crippen LogP contribution in [0.15, 0.2) is 47.0 Å². The van der Waals surface area contributed by atoms with Gasteiger partial charge in [-0.1, -0.05) is 5.16 Å². The molecule has 1 amide bonds. The zero-order chi connectivity index (χ0) is 26.6. The summed E-state index contributed by atoms with van der Waals surface area (Å²) in [5, 5.41) is 38.3. The number of phenolic OH excluding ortho intramolecular Hbond substituents is 2. The Morgan fingerprint density at radius 3 is 2.47 bits per heavy atom. The van der Waals surface area contributed by atoms with Gasteiger partial charge < -0.3 is 34.4 Å². The van der Waals surface area contributed by atoms with Gasteiger partial charge in [0.25, 0.3) is 11.6 Å². The minimum absolute atomic E-state index is 0.0138. The predicted molar refractivity (Wildman–Crippen MR) is 134 cm³/mol. The lowest BCUT2D eigenvalue weighted by atomic mass is 9.99. The van der Waals surface area contributed by atoms with Gasteiger partial charge in [-0.2, -0.15) is 0 Å². The van der Waals surface area contributed by atoms with Gasteiger partial charge in [0.1, 0.15) is 28.6 Å². The van der Waals surface area contributed by atoms with Crippen LogP contribution in [-0.2, 0) is 4.74 Å². The maximum atomic E-state index is 12.9. The Bertz CT molecular complexity index is 1300. The second kappa shape index (κ2) is 11.1. The highest BCUT2D eigenvalue weighted by Crippen LogP contribution is 2.43. The van der Waals surface area contributed by atoms with E-state index < -0.39 is 4.92 Å². The highest BCUT2D eigenvalue weighted by atomic mass is 16.6. The Kier molecular flexibility index (Phi) is 7.43. The Labute approximate surface area is 217 Å². The molecule has 2 aliphatic rings. The van der Waals surface area contributed by atoms with E-state index in [9.17, 15) is 25.1 Å². The number of carbonyl (C=O) groups excluding carboxylic acids is 1. The van der Waals surface area contributed by atoms with Crippen LogP contribution in [0, 0.1) is 10.1 Å². The molecule has 3 N–H and O–H groups in total. The second-order valence-electron chi connectivity index (χ2n) is 9.39. The summed E-state index contributed by atoms with van der Waals surface area (Å²) in [7, 11) is 0. The van der Waals surface area contributed by atoms with Crippen molar-refractivity contribution >= 4 is 11.6 Å². The Hall–Kier alpha value is -4.16. The second-order valence-corrected chi connectivity index (χ2v) is 9.39. The fraction of sp³-hybridized carbons (Fsp3) is 0.385. The van der Waals surface area contributed by atoms with Crippen LogP contribution < -0.4 is 10.1 Å². The third-order valence-corrected chi connectivity index (χ3v) is 6.90. The molecule has 0 aliphatic carbocycles. The number of ether oxygens (including phenoxy) is 2. The molecule has 5 rings (SSSR count). The molecule has 1 aromatic heterocycles. The summed E-state index contributed by atoms with van der Waals surface area (Å²) < 4.78 is 16.6. The Balaban J connectivity index is 1.27. The molecule has 0 spiro atoms. The summed E-state index contributed by atoms with van der Waals surface area (Å²) in [5.41, 5.74) is -0.00503. The molecule has 38 heavy (non-hydrogen) atoms. The zero-order valence-electron chi connectivity index (χ0n) is 20.5. The lowest BCUT2D eigenvalue weighted by Crippen LogP contribution is -2.49. The van der Waals surface area contributed by atoms with Crippen molar-refractivity contribution in [1.29, 1.82) is 0 Å². The number of nitrogens with one attached hydrogen (secondary N) is 1. The van der Waals surface area contributed by atoms with Crippen molar-refractivity contribution in [1.82, 2.24) is 15.4 Å². The Morgan fingerprint density at radius 1 is 1.08 bits per heavy atom. The topological polar surface area (TPSA) is 160 Å². The van der Waals surface area contributed by atoms with Gasteiger partial charge in [0.15, 0.2) is 11.5 Å². The van der Waals surface area contributed by atoms with Gasteiger partial charge >= 0.3 is 0 Å². The maximum Gasteiger partial charge on any atom is 0.273 e. The first-order valence-electron chi connectivity index (χ1n) is 12.5. The third-order valence-electron chi connectivity index (χ3n) is 6.90. The summed E-state index contributed by atoms with van der Waals surface area (Å²) in [6, 6.07) is 9.61. The number of hydrogen-bond acceptors (Lipinski definition) is 10. The van der Waals surface area contributed by atoms with Crippen LogP contribution in [0.2, 0.25) is 0 Å². The van der Waals surface area contributed by atoms with E-state index >= 15 is 0 Å². The van der Waals surface area contributed by atoms with Crippen molar-refractivity contribution in [2.24, 2.45) is 0 Å². The molecule has 3 aromatic rings. The number of benzene rings is 2. The first-order chi connectivity index (χ1) is 18.4. The number of phenols is 2. The van der Waals surface area contributed by atoms with Gasteiger partial charge in [-0.25, -0.2) is 0 Å². The van der Waals surface area contributed by atoms with Crippen LogP contribution in [0.4, 0.5) is 5.69 Å². The number of likely N-dealkylation sites (tertiary alicyclic amines) is 1. The smallest absolute Gasteiger partial charge is 0.273 e. The first-order valence-corrected chi connectivity index (χ1v) is 12.5. The molecule has 0 radical (unpaired) electrons. The van der Waals surface area contributed by atoms with Gasteiger partial charge in [0.2, 0.25) is 0 Å². The van der Waals surface area contributed by atoms with Crippen molar-refractivity contribution in [3.8, 4) is 34.3 Å². The summed E-state index contributed by atoms with van der Waals surface area (Å²) >= 11 is 0. The standard InChI is InChI=1S/C26H28N4O8/c31-19-13-22(32)25(23(14-19)37-20-3-1-18(2-4-20)30(34)35)24-15-21(28-38-24)26(33)27-16-5-9-29(10-6-16)17-7-11-36-12-8-17/h1-4,13-17,31-32H,5-12H2,(H,27,33). The lowest BCUT2D eigenvalue weighted by Gasteiger charge is -2.39. The third kappa shape index (κ3) is 5.71. The first kappa shape index (κ1) is 25.5. The molecule has 2 aliphatic heterocycles. The zero-order valence-corrected chi connectivity index (χ0v) is 20.5. The quantitative estimate of drug-likeness (QED) is 0.306. The highest BCUT2D eigenvalue weighted by Gasteiger charge is 2.28. The van der Waals surface area contributed by atoms with Crippen molar-refractivity contribution in [2.75, 3.05) is 26.3 Å². The molecule has 0 saturated carbocycles. The van der Waals surface area contributed by atoms with Crippen LogP contribution in [0.25, 0.3) is 11.3 Å². The molecular weight excluding hydrogens is 496 g/mol. The van der Waals surface area contributed by atoms with E-state index in [-0.39, 0.29) is 57.7 Å². The van der Waals surface area contributed by atoms with Crippen molar-refractivity contribution in [3.63, 3.8) is 0 Å². The van der Waals surface area contributed by atoms with Crippen LogP contribution in [0.5, 0.6) is 23.0 Å². The predicted octanol–water partition coefficient (Wildman–Crippen LogP) is 3.83. The number of aromatic hydroxyl groups is 2. The van der Waals surface area contributed by atoms with Crippen LogP contribution in [0.1, 0.15) is 36.2 Å². The number of hydrogen-bond donors (Lipinski definition) is 3. The summed E-state index contributed by atoms with van der Waals surface area (Å²) in [4.78, 5) is 25.7. The molecule has 3 heterocycles. The molecule has 200 valence electrons. The van der Waals surface area contributed by atoms with E-state index in [1.807, 2.05) is 0 Å². The molecule has 0 unspecified atom stereocenters. The van der Waals surface area contributed by atoms with E-state index in [0.717, 1.165) is 58.1 Å². The monoisotopic (exact) mass is 524 g/mol. The minimum Gasteiger partial charge on any atom is -0.508 e. The number of nitro benzene ring substituents is 1. The van der Waals surface area contributed by atoms with Gasteiger partial charge in [-0.15, -0.1) is 0 Å². The number of rotatable bonds is 7. The normalized spacial score (nSPS) is 17.3. The molecule has 0 atom stereocenters. The summed E-state index contributed by atoms with van der Waals surface area (Å²) in [6.45, 7) is 3.41. The fourth-order valence-electron chi connectivity index (χ4n) is 4.90. The Morgan fingerprint density at radius 2 is 1.79 bits per heavy atom. The molecule has 12 nitrogen and oxygen atoms in total. The van der Waals surface area contributed by atoms with Crippen molar-refractivity contribution in [2.45, 2.75) is 37.8 Å². The number of piperidine rings is 1. The van der Waals surface area contributed by atoms with Gasteiger partial charge in [-0.3, -0.25) is 14.9 Å². The highest BCUT2D eigenvalue weighted by molar-refractivity contribution is 5.93. The van der Waals surface area contributed by atoms with Crippen LogP contribution >= 0.6 is 0 Å². The summed E-state index contributed by atoms with van der Waals surface area (Å²) in [6.07, 6.45) is 3.75. The van der Waals surface area contributed by atoms with E-state index in [2.05, 4.69) is 15.4 Å². The van der Waals surface area contributed by atoms with Crippen molar-refractivity contribution in [3.05, 3.63) is 58.3 Å². The number of non-ortho nitro benzene ring substituents is 1. The van der Waals surface area contributed by atoms with E-state index in [0.29, 0.717) is 6.04 Å². The molecule has 12 heteroatoms. The average molecular weight is 525 g/mol. The number of aromatic nitrogens is 1. The molecular formula is C26H28N4O8. The van der Waals surface area contributed by atoms with Gasteiger partial charge in [0.05, 0.1) is 4.92 Å². The van der Waals surface area contributed by atoms with E-state index in [1.165, 1.54) is 36.4 Å². The lowest BCUT2D eigenvalue weighted by molar-refractivity contribution is -0.384. The number of nitrogens with zero attached hydrogens (tertiary/aromatic N) is 3. The fourth-order valence-corrected chi connectivity index (χ4v) is 4.90. The van der Waals surface area contributed by atoms with Crippen LogP contribution in [-0.4, -0.2) is 69.5 Å². The molecule has 2 saturated heterocycles. The number of carbonyl (C=O) groups is 1. The van der Waals surface area contributed by atoms with E-state index in [4.69, 9.17) is 14.0 Å². The minimum atomic E-state index is -0.536. The summed E-state index contributed by atoms with van der Waals surface area (Å²) in [5.74, 6) is -0.718. The van der Waals surface area contributed by atoms with Gasteiger partial charge in [-0.05, 0) is 37.8 Å². The average Bonchev–Trinajstić information content (AvgIpc) is 3.39. The van der Waals surface area contributed by atoms with E-state index in [1.54, 1.807) is 0 Å². The van der Waals surface area contributed by atoms with Gasteiger partial charge in [0, 0.05) is 68.7 Å². The molecule has 2 aromatic carbocycles. The maximum absolute atomic E-state index is 12.9. The SMILES string of the molecule is O=C(NC1CCN(C2CCOCC2)CC1)c1cc(-c2c(O)cc(O)cc2Oc2ccc([N+](=O)[O-])cc2)on1. The van der Waals surface area contributed by atoms with Crippen LogP contribution in [0.3, 0.4) is 0 Å². The number of amides is 1. The number of nitro groups is 1. The molecule has 2 fully saturated rings. The van der Waals surface area contributed by atoms with Crippen molar-refractivity contribution < 1.29 is 33.9 Å². The largest absolute Gasteiger partial charge is 0.508 e.